The average molecular weight is 291 g/mol. The highest BCUT2D eigenvalue weighted by atomic mass is 35.5. The van der Waals surface area contributed by atoms with E-state index in [0.717, 1.165) is 17.7 Å². The SMILES string of the molecule is CCC(C)n1ccc(CC(=O)c2ccc(Cl)c(C)c2)n1. The van der Waals surface area contributed by atoms with Gasteiger partial charge in [0.25, 0.3) is 0 Å². The lowest BCUT2D eigenvalue weighted by Crippen LogP contribution is -2.08. The molecule has 0 aliphatic rings. The van der Waals surface area contributed by atoms with E-state index in [0.29, 0.717) is 23.0 Å². The Labute approximate surface area is 124 Å². The molecule has 1 unspecified atom stereocenters. The van der Waals surface area contributed by atoms with E-state index in [1.54, 1.807) is 12.1 Å². The van der Waals surface area contributed by atoms with Gasteiger partial charge in [-0.3, -0.25) is 9.48 Å². The van der Waals surface area contributed by atoms with E-state index in [-0.39, 0.29) is 5.78 Å². The molecule has 1 atom stereocenters. The summed E-state index contributed by atoms with van der Waals surface area (Å²) >= 11 is 5.97. The van der Waals surface area contributed by atoms with Crippen molar-refractivity contribution in [3.05, 3.63) is 52.3 Å². The molecule has 1 aromatic heterocycles. The highest BCUT2D eigenvalue weighted by molar-refractivity contribution is 6.31. The molecule has 1 aromatic carbocycles. The maximum absolute atomic E-state index is 12.2. The molecule has 0 fully saturated rings. The van der Waals surface area contributed by atoms with Gasteiger partial charge < -0.3 is 0 Å². The molecule has 0 bridgehead atoms. The van der Waals surface area contributed by atoms with Gasteiger partial charge in [-0.05, 0) is 50.1 Å². The molecule has 0 spiro atoms. The summed E-state index contributed by atoms with van der Waals surface area (Å²) in [5, 5.41) is 5.14. The molecule has 0 N–H and O–H groups in total. The molecule has 0 aliphatic heterocycles. The second-order valence-corrected chi connectivity index (χ2v) is 5.52. The predicted molar refractivity (Wildman–Crippen MR) is 81.5 cm³/mol. The Morgan fingerprint density at radius 1 is 1.40 bits per heavy atom. The third kappa shape index (κ3) is 3.28. The Kier molecular flexibility index (Phi) is 4.61. The van der Waals surface area contributed by atoms with Crippen molar-refractivity contribution < 1.29 is 4.79 Å². The van der Waals surface area contributed by atoms with E-state index in [9.17, 15) is 4.79 Å². The number of Topliss-reactive ketones (excluding diaryl/α,β-unsaturated/α-hetero) is 1. The van der Waals surface area contributed by atoms with Crippen molar-refractivity contribution in [2.24, 2.45) is 0 Å². The zero-order valence-electron chi connectivity index (χ0n) is 12.1. The molecule has 3 nitrogen and oxygen atoms in total. The number of rotatable bonds is 5. The van der Waals surface area contributed by atoms with Gasteiger partial charge in [0, 0.05) is 22.8 Å². The fourth-order valence-corrected chi connectivity index (χ4v) is 2.11. The van der Waals surface area contributed by atoms with E-state index >= 15 is 0 Å². The van der Waals surface area contributed by atoms with E-state index < -0.39 is 0 Å². The van der Waals surface area contributed by atoms with Gasteiger partial charge >= 0.3 is 0 Å². The fraction of sp³-hybridized carbons (Fsp3) is 0.375. The van der Waals surface area contributed by atoms with Crippen molar-refractivity contribution in [1.29, 1.82) is 0 Å². The van der Waals surface area contributed by atoms with E-state index in [2.05, 4.69) is 18.9 Å². The van der Waals surface area contributed by atoms with Crippen LogP contribution < -0.4 is 0 Å². The monoisotopic (exact) mass is 290 g/mol. The van der Waals surface area contributed by atoms with Crippen LogP contribution in [-0.4, -0.2) is 15.6 Å². The molecule has 0 saturated heterocycles. The quantitative estimate of drug-likeness (QED) is 0.772. The number of carbonyl (C=O) groups excluding carboxylic acids is 1. The molecular weight excluding hydrogens is 272 g/mol. The summed E-state index contributed by atoms with van der Waals surface area (Å²) in [6, 6.07) is 7.63. The van der Waals surface area contributed by atoms with Gasteiger partial charge in [0.05, 0.1) is 12.1 Å². The van der Waals surface area contributed by atoms with Gasteiger partial charge in [-0.1, -0.05) is 18.5 Å². The van der Waals surface area contributed by atoms with Gasteiger partial charge in [-0.25, -0.2) is 0 Å². The molecule has 1 heterocycles. The van der Waals surface area contributed by atoms with Gasteiger partial charge in [0.2, 0.25) is 0 Å². The number of hydrogen-bond donors (Lipinski definition) is 0. The van der Waals surface area contributed by atoms with E-state index in [1.165, 1.54) is 0 Å². The summed E-state index contributed by atoms with van der Waals surface area (Å²) < 4.78 is 1.91. The first-order chi connectivity index (χ1) is 9.51. The van der Waals surface area contributed by atoms with E-state index in [1.807, 2.05) is 29.9 Å². The van der Waals surface area contributed by atoms with Crippen molar-refractivity contribution in [3.8, 4) is 0 Å². The molecule has 0 saturated carbocycles. The van der Waals surface area contributed by atoms with Gasteiger partial charge in [-0.2, -0.15) is 5.10 Å². The van der Waals surface area contributed by atoms with E-state index in [4.69, 9.17) is 11.6 Å². The van der Waals surface area contributed by atoms with Crippen LogP contribution in [-0.2, 0) is 6.42 Å². The molecular formula is C16H19ClN2O. The Morgan fingerprint density at radius 2 is 2.15 bits per heavy atom. The lowest BCUT2D eigenvalue weighted by atomic mass is 10.0. The third-order valence-corrected chi connectivity index (χ3v) is 3.95. The third-order valence-electron chi connectivity index (χ3n) is 3.53. The van der Waals surface area contributed by atoms with Gasteiger partial charge in [0.1, 0.15) is 0 Å². The highest BCUT2D eigenvalue weighted by Gasteiger charge is 2.11. The smallest absolute Gasteiger partial charge is 0.168 e. The lowest BCUT2D eigenvalue weighted by Gasteiger charge is -2.08. The van der Waals surface area contributed by atoms with Crippen LogP contribution in [0, 0.1) is 6.92 Å². The van der Waals surface area contributed by atoms with Gasteiger partial charge in [-0.15, -0.1) is 0 Å². The zero-order valence-corrected chi connectivity index (χ0v) is 12.8. The highest BCUT2D eigenvalue weighted by Crippen LogP contribution is 2.18. The Balaban J connectivity index is 2.11. The van der Waals surface area contributed by atoms with Crippen LogP contribution in [0.15, 0.2) is 30.5 Å². The molecule has 4 heteroatoms. The van der Waals surface area contributed by atoms with Crippen molar-refractivity contribution in [3.63, 3.8) is 0 Å². The molecule has 0 radical (unpaired) electrons. The first-order valence-electron chi connectivity index (χ1n) is 6.84. The summed E-state index contributed by atoms with van der Waals surface area (Å²) in [6.07, 6.45) is 3.28. The summed E-state index contributed by atoms with van der Waals surface area (Å²) in [5.74, 6) is 0.0687. The summed E-state index contributed by atoms with van der Waals surface area (Å²) in [4.78, 5) is 12.2. The Bertz CT molecular complexity index is 619. The number of ketones is 1. The van der Waals surface area contributed by atoms with Crippen LogP contribution in [0.3, 0.4) is 0 Å². The molecule has 0 aliphatic carbocycles. The minimum Gasteiger partial charge on any atom is -0.294 e. The number of halogens is 1. The maximum atomic E-state index is 12.2. The van der Waals surface area contributed by atoms with Crippen molar-refractivity contribution >= 4 is 17.4 Å². The number of carbonyl (C=O) groups is 1. The van der Waals surface area contributed by atoms with Gasteiger partial charge in [0.15, 0.2) is 5.78 Å². The van der Waals surface area contributed by atoms with Crippen molar-refractivity contribution in [2.75, 3.05) is 0 Å². The topological polar surface area (TPSA) is 34.9 Å². The minimum absolute atomic E-state index is 0.0687. The second-order valence-electron chi connectivity index (χ2n) is 5.11. The lowest BCUT2D eigenvalue weighted by molar-refractivity contribution is 0.0991. The second kappa shape index (κ2) is 6.23. The van der Waals surface area contributed by atoms with Crippen LogP contribution in [0.5, 0.6) is 0 Å². The van der Waals surface area contributed by atoms with Crippen LogP contribution in [0.4, 0.5) is 0 Å². The standard InChI is InChI=1S/C16H19ClN2O/c1-4-12(3)19-8-7-14(18-19)10-16(20)13-5-6-15(17)11(2)9-13/h5-9,12H,4,10H2,1-3H3. The number of benzene rings is 1. The molecule has 106 valence electrons. The molecule has 2 rings (SSSR count). The largest absolute Gasteiger partial charge is 0.294 e. The number of hydrogen-bond acceptors (Lipinski definition) is 2. The summed E-state index contributed by atoms with van der Waals surface area (Å²) in [7, 11) is 0. The van der Waals surface area contributed by atoms with Crippen LogP contribution in [0.1, 0.15) is 47.9 Å². The minimum atomic E-state index is 0.0687. The zero-order chi connectivity index (χ0) is 14.7. The number of nitrogens with zero attached hydrogens (tertiary/aromatic N) is 2. The number of aryl methyl sites for hydroxylation is 1. The predicted octanol–water partition coefficient (Wildman–Crippen LogP) is 4.24. The Morgan fingerprint density at radius 3 is 2.80 bits per heavy atom. The van der Waals surface area contributed by atoms with Crippen molar-refractivity contribution in [2.45, 2.75) is 39.7 Å². The first-order valence-corrected chi connectivity index (χ1v) is 7.22. The average Bonchev–Trinajstić information content (AvgIpc) is 2.89. The van der Waals surface area contributed by atoms with Crippen LogP contribution in [0.2, 0.25) is 5.02 Å². The molecule has 2 aromatic rings. The molecule has 0 amide bonds. The summed E-state index contributed by atoms with van der Waals surface area (Å²) in [5.41, 5.74) is 2.41. The molecule has 20 heavy (non-hydrogen) atoms. The maximum Gasteiger partial charge on any atom is 0.168 e. The number of aromatic nitrogens is 2. The first kappa shape index (κ1) is 14.8. The van der Waals surface area contributed by atoms with Crippen LogP contribution in [0.25, 0.3) is 0 Å². The summed E-state index contributed by atoms with van der Waals surface area (Å²) in [6.45, 7) is 6.13. The van der Waals surface area contributed by atoms with Crippen LogP contribution >= 0.6 is 11.6 Å². The van der Waals surface area contributed by atoms with Crippen molar-refractivity contribution in [1.82, 2.24) is 9.78 Å². The fourth-order valence-electron chi connectivity index (χ4n) is 1.99. The normalized spacial score (nSPS) is 12.4. The Hall–Kier alpha value is -1.61.